The number of anilines is 1. The van der Waals surface area contributed by atoms with Crippen LogP contribution in [-0.2, 0) is 11.2 Å². The zero-order valence-electron chi connectivity index (χ0n) is 11.2. The Kier molecular flexibility index (Phi) is 6.04. The molecule has 0 fully saturated rings. The summed E-state index contributed by atoms with van der Waals surface area (Å²) in [6.45, 7) is 1.94. The minimum absolute atomic E-state index is 0.0701. The Morgan fingerprint density at radius 3 is 2.75 bits per heavy atom. The number of aromatic nitrogens is 1. The lowest BCUT2D eigenvalue weighted by atomic mass is 10.2. The Labute approximate surface area is 117 Å². The second-order valence-electron chi connectivity index (χ2n) is 4.22. The van der Waals surface area contributed by atoms with Crippen molar-refractivity contribution in [2.24, 2.45) is 0 Å². The highest BCUT2D eigenvalue weighted by Crippen LogP contribution is 2.07. The van der Waals surface area contributed by atoms with E-state index in [1.54, 1.807) is 12.1 Å². The van der Waals surface area contributed by atoms with Gasteiger partial charge in [0.1, 0.15) is 0 Å². The predicted molar refractivity (Wildman–Crippen MR) is 75.3 cm³/mol. The summed E-state index contributed by atoms with van der Waals surface area (Å²) in [7, 11) is 0. The quantitative estimate of drug-likeness (QED) is 0.688. The van der Waals surface area contributed by atoms with E-state index in [2.05, 4.69) is 21.5 Å². The fourth-order valence-corrected chi connectivity index (χ4v) is 1.55. The summed E-state index contributed by atoms with van der Waals surface area (Å²) < 4.78 is 0. The van der Waals surface area contributed by atoms with Crippen molar-refractivity contribution in [1.82, 2.24) is 10.3 Å². The molecule has 1 atom stereocenters. The van der Waals surface area contributed by atoms with Crippen molar-refractivity contribution < 1.29 is 14.7 Å². The van der Waals surface area contributed by atoms with Crippen LogP contribution in [0, 0.1) is 12.3 Å². The monoisotopic (exact) mass is 275 g/mol. The average molecular weight is 275 g/mol. The first-order valence-corrected chi connectivity index (χ1v) is 6.22. The van der Waals surface area contributed by atoms with Crippen molar-refractivity contribution >= 4 is 17.7 Å². The number of nitrogens with one attached hydrogen (secondary N) is 2. The van der Waals surface area contributed by atoms with Gasteiger partial charge in [-0.25, -0.2) is 4.79 Å². The summed E-state index contributed by atoms with van der Waals surface area (Å²) in [6.07, 6.45) is 7.70. The van der Waals surface area contributed by atoms with Crippen LogP contribution in [0.25, 0.3) is 0 Å². The summed E-state index contributed by atoms with van der Waals surface area (Å²) in [5, 5.41) is 14.0. The molecule has 0 aliphatic heterocycles. The topological polar surface area (TPSA) is 91.3 Å². The molecule has 1 aromatic rings. The molecule has 3 N–H and O–H groups in total. The number of terminal acetylenes is 1. The van der Waals surface area contributed by atoms with E-state index < -0.39 is 5.97 Å². The standard InChI is InChI=1S/C14H17N3O3/c1-3-5-10(4-2)16-14(20)17-12-7-6-11(15-9-12)8-13(18)19/h1,6-7,9-10H,4-5,8H2,2H3,(H,18,19)(H2,16,17,20). The molecule has 0 spiro atoms. The number of pyridine rings is 1. The molecule has 2 amide bonds. The molecule has 0 saturated heterocycles. The minimum Gasteiger partial charge on any atom is -0.481 e. The summed E-state index contributed by atoms with van der Waals surface area (Å²) in [5.74, 6) is 1.56. The molecule has 1 unspecified atom stereocenters. The number of aliphatic carboxylic acids is 1. The fraction of sp³-hybridized carbons (Fsp3) is 0.357. The number of carbonyl (C=O) groups is 2. The number of carboxylic acids is 1. The second kappa shape index (κ2) is 7.79. The molecule has 106 valence electrons. The minimum atomic E-state index is -0.948. The molecule has 0 aliphatic carbocycles. The Morgan fingerprint density at radius 1 is 1.50 bits per heavy atom. The van der Waals surface area contributed by atoms with E-state index in [1.165, 1.54) is 6.20 Å². The maximum atomic E-state index is 11.7. The van der Waals surface area contributed by atoms with Gasteiger partial charge in [-0.3, -0.25) is 9.78 Å². The first kappa shape index (κ1) is 15.5. The van der Waals surface area contributed by atoms with Crippen LogP contribution in [0.2, 0.25) is 0 Å². The van der Waals surface area contributed by atoms with E-state index >= 15 is 0 Å². The van der Waals surface area contributed by atoms with E-state index in [-0.39, 0.29) is 18.5 Å². The smallest absolute Gasteiger partial charge is 0.319 e. The second-order valence-corrected chi connectivity index (χ2v) is 4.22. The average Bonchev–Trinajstić information content (AvgIpc) is 2.40. The fourth-order valence-electron chi connectivity index (χ4n) is 1.55. The molecule has 1 rings (SSSR count). The lowest BCUT2D eigenvalue weighted by molar-refractivity contribution is -0.136. The maximum absolute atomic E-state index is 11.7. The third-order valence-electron chi connectivity index (χ3n) is 2.61. The van der Waals surface area contributed by atoms with Gasteiger partial charge in [0, 0.05) is 12.5 Å². The number of hydrogen-bond acceptors (Lipinski definition) is 3. The highest BCUT2D eigenvalue weighted by atomic mass is 16.4. The highest BCUT2D eigenvalue weighted by molar-refractivity contribution is 5.89. The zero-order chi connectivity index (χ0) is 15.0. The molecule has 6 heteroatoms. The summed E-state index contributed by atoms with van der Waals surface area (Å²) in [6, 6.07) is 2.73. The number of nitrogens with zero attached hydrogens (tertiary/aromatic N) is 1. The molecule has 1 aromatic heterocycles. The van der Waals surface area contributed by atoms with Crippen molar-refractivity contribution in [3.63, 3.8) is 0 Å². The molecule has 0 bridgehead atoms. The summed E-state index contributed by atoms with van der Waals surface area (Å²) in [4.78, 5) is 26.2. The molecular weight excluding hydrogens is 258 g/mol. The van der Waals surface area contributed by atoms with E-state index in [0.717, 1.165) is 6.42 Å². The predicted octanol–water partition coefficient (Wildman–Crippen LogP) is 1.63. The van der Waals surface area contributed by atoms with Gasteiger partial charge in [-0.2, -0.15) is 0 Å². The van der Waals surface area contributed by atoms with Gasteiger partial charge in [0.25, 0.3) is 0 Å². The van der Waals surface area contributed by atoms with Crippen LogP contribution in [-0.4, -0.2) is 28.1 Å². The third kappa shape index (κ3) is 5.40. The third-order valence-corrected chi connectivity index (χ3v) is 2.61. The molecule has 20 heavy (non-hydrogen) atoms. The SMILES string of the molecule is C#CCC(CC)NC(=O)Nc1ccc(CC(=O)O)nc1. The van der Waals surface area contributed by atoms with Gasteiger partial charge in [-0.05, 0) is 18.6 Å². The van der Waals surface area contributed by atoms with E-state index in [0.29, 0.717) is 17.8 Å². The van der Waals surface area contributed by atoms with Crippen molar-refractivity contribution in [2.45, 2.75) is 32.2 Å². The van der Waals surface area contributed by atoms with Gasteiger partial charge in [0.05, 0.1) is 24.0 Å². The number of urea groups is 1. The molecule has 1 heterocycles. The Hall–Kier alpha value is -2.55. The van der Waals surface area contributed by atoms with Gasteiger partial charge < -0.3 is 15.7 Å². The Morgan fingerprint density at radius 2 is 2.25 bits per heavy atom. The van der Waals surface area contributed by atoms with Crippen molar-refractivity contribution in [1.29, 1.82) is 0 Å². The van der Waals surface area contributed by atoms with Crippen molar-refractivity contribution in [3.8, 4) is 12.3 Å². The number of rotatable bonds is 6. The summed E-state index contributed by atoms with van der Waals surface area (Å²) in [5.41, 5.74) is 0.925. The number of hydrogen-bond donors (Lipinski definition) is 3. The molecule has 0 aliphatic rings. The van der Waals surface area contributed by atoms with Crippen molar-refractivity contribution in [3.05, 3.63) is 24.0 Å². The Balaban J connectivity index is 2.53. The number of carbonyl (C=O) groups excluding carboxylic acids is 1. The maximum Gasteiger partial charge on any atom is 0.319 e. The highest BCUT2D eigenvalue weighted by Gasteiger charge is 2.09. The first-order chi connectivity index (χ1) is 9.55. The molecule has 0 aromatic carbocycles. The lowest BCUT2D eigenvalue weighted by Gasteiger charge is -2.14. The Bertz CT molecular complexity index is 505. The van der Waals surface area contributed by atoms with Crippen molar-refractivity contribution in [2.75, 3.05) is 5.32 Å². The van der Waals surface area contributed by atoms with Gasteiger partial charge in [-0.1, -0.05) is 6.92 Å². The molecule has 0 radical (unpaired) electrons. The largest absolute Gasteiger partial charge is 0.481 e. The van der Waals surface area contributed by atoms with Crippen LogP contribution < -0.4 is 10.6 Å². The molecule has 6 nitrogen and oxygen atoms in total. The van der Waals surface area contributed by atoms with E-state index in [1.807, 2.05) is 6.92 Å². The van der Waals surface area contributed by atoms with Crippen LogP contribution in [0.5, 0.6) is 0 Å². The van der Waals surface area contributed by atoms with Gasteiger partial charge in [0.15, 0.2) is 0 Å². The molecular formula is C14H17N3O3. The zero-order valence-corrected chi connectivity index (χ0v) is 11.2. The van der Waals surface area contributed by atoms with Crippen LogP contribution >= 0.6 is 0 Å². The van der Waals surface area contributed by atoms with E-state index in [9.17, 15) is 9.59 Å². The van der Waals surface area contributed by atoms with Crippen LogP contribution in [0.3, 0.4) is 0 Å². The normalized spacial score (nSPS) is 11.2. The van der Waals surface area contributed by atoms with Crippen LogP contribution in [0.4, 0.5) is 10.5 Å². The van der Waals surface area contributed by atoms with Crippen LogP contribution in [0.15, 0.2) is 18.3 Å². The number of carboxylic acid groups (broad SMARTS) is 1. The van der Waals surface area contributed by atoms with Gasteiger partial charge in [0.2, 0.25) is 0 Å². The van der Waals surface area contributed by atoms with Gasteiger partial charge in [-0.15, -0.1) is 12.3 Å². The van der Waals surface area contributed by atoms with Crippen LogP contribution in [0.1, 0.15) is 25.5 Å². The summed E-state index contributed by atoms with van der Waals surface area (Å²) >= 11 is 0. The molecule has 0 saturated carbocycles. The lowest BCUT2D eigenvalue weighted by Crippen LogP contribution is -2.37. The number of amides is 2. The first-order valence-electron chi connectivity index (χ1n) is 6.22. The van der Waals surface area contributed by atoms with E-state index in [4.69, 9.17) is 11.5 Å². The van der Waals surface area contributed by atoms with Gasteiger partial charge >= 0.3 is 12.0 Å².